The second-order valence-corrected chi connectivity index (χ2v) is 11.7. The van der Waals surface area contributed by atoms with Crippen LogP contribution in [0.15, 0.2) is 58.7 Å². The van der Waals surface area contributed by atoms with Gasteiger partial charge in [0.1, 0.15) is 6.61 Å². The molecule has 0 aromatic carbocycles. The number of rotatable bonds is 18. The Morgan fingerprint density at radius 2 is 1.59 bits per heavy atom. The summed E-state index contributed by atoms with van der Waals surface area (Å²) in [4.78, 5) is 12.0. The van der Waals surface area contributed by atoms with Crippen LogP contribution in [0.4, 0.5) is 0 Å². The van der Waals surface area contributed by atoms with Crippen LogP contribution in [-0.2, 0) is 9.53 Å². The number of aliphatic hydroxyl groups is 1. The molecule has 0 heterocycles. The van der Waals surface area contributed by atoms with Crippen molar-refractivity contribution in [2.75, 3.05) is 6.61 Å². The third kappa shape index (κ3) is 16.6. The fourth-order valence-electron chi connectivity index (χ4n) is 4.99. The molecule has 1 unspecified atom stereocenters. The summed E-state index contributed by atoms with van der Waals surface area (Å²) in [5.74, 6) is -0.0951. The van der Waals surface area contributed by atoms with Gasteiger partial charge in [0.25, 0.3) is 0 Å². The van der Waals surface area contributed by atoms with Crippen LogP contribution in [0.5, 0.6) is 0 Å². The van der Waals surface area contributed by atoms with Crippen LogP contribution in [0.2, 0.25) is 0 Å². The van der Waals surface area contributed by atoms with E-state index in [1.165, 1.54) is 74.5 Å². The number of ether oxygens (including phenoxy) is 1. The second kappa shape index (κ2) is 19.2. The van der Waals surface area contributed by atoms with Gasteiger partial charge in [0, 0.05) is 6.42 Å². The van der Waals surface area contributed by atoms with Crippen molar-refractivity contribution < 1.29 is 14.6 Å². The Morgan fingerprint density at radius 3 is 2.22 bits per heavy atom. The van der Waals surface area contributed by atoms with Gasteiger partial charge in [-0.15, -0.1) is 0 Å². The number of unbranched alkanes of at least 4 members (excludes halogenated alkanes) is 8. The zero-order valence-corrected chi connectivity index (χ0v) is 24.9. The van der Waals surface area contributed by atoms with E-state index in [9.17, 15) is 9.90 Å². The number of hydrogen-bond acceptors (Lipinski definition) is 3. The first-order chi connectivity index (χ1) is 17.6. The molecule has 0 aromatic heterocycles. The predicted octanol–water partition coefficient (Wildman–Crippen LogP) is 9.73. The second-order valence-electron chi connectivity index (χ2n) is 11.7. The normalized spacial score (nSPS) is 17.7. The molecule has 210 valence electrons. The minimum atomic E-state index is -0.158. The van der Waals surface area contributed by atoms with E-state index in [2.05, 4.69) is 58.1 Å². The lowest BCUT2D eigenvalue weighted by molar-refractivity contribution is -0.142. The molecule has 1 aliphatic carbocycles. The van der Waals surface area contributed by atoms with E-state index in [4.69, 9.17) is 4.74 Å². The summed E-state index contributed by atoms with van der Waals surface area (Å²) < 4.78 is 5.38. The largest absolute Gasteiger partial charge is 0.461 e. The Labute approximate surface area is 228 Å². The van der Waals surface area contributed by atoms with Crippen LogP contribution in [0.1, 0.15) is 131 Å². The summed E-state index contributed by atoms with van der Waals surface area (Å²) in [6.45, 7) is 13.3. The van der Waals surface area contributed by atoms with Crippen molar-refractivity contribution in [1.29, 1.82) is 0 Å². The molecule has 0 saturated carbocycles. The fraction of sp³-hybridized carbons (Fsp3) is 0.676. The topological polar surface area (TPSA) is 46.5 Å². The van der Waals surface area contributed by atoms with Crippen molar-refractivity contribution in [2.45, 2.75) is 138 Å². The molecule has 1 atom stereocenters. The molecule has 0 bridgehead atoms. The highest BCUT2D eigenvalue weighted by Gasteiger charge is 2.26. The number of hydrogen-bond donors (Lipinski definition) is 1. The molecule has 37 heavy (non-hydrogen) atoms. The molecule has 1 N–H and O–H groups in total. The van der Waals surface area contributed by atoms with E-state index in [0.29, 0.717) is 13.0 Å². The maximum absolute atomic E-state index is 12.0. The lowest BCUT2D eigenvalue weighted by Crippen LogP contribution is -2.19. The van der Waals surface area contributed by atoms with Gasteiger partial charge in [0.05, 0.1) is 6.10 Å². The molecule has 0 spiro atoms. The summed E-state index contributed by atoms with van der Waals surface area (Å²) in [6.07, 6.45) is 28.5. The molecule has 0 amide bonds. The lowest BCUT2D eigenvalue weighted by atomic mass is 9.72. The number of carbonyl (C=O) groups excluding carboxylic acids is 1. The average molecular weight is 513 g/mol. The molecule has 0 radical (unpaired) electrons. The Kier molecular flexibility index (Phi) is 17.2. The van der Waals surface area contributed by atoms with E-state index in [-0.39, 0.29) is 17.5 Å². The molecule has 3 nitrogen and oxygen atoms in total. The molecule has 1 aliphatic rings. The SMILES string of the molecule is CC1=C(/C=C/C(C)=C/C=C/C(C)=C/COC(=O)CCCCCCCCCCCC(C)O)C(C)(C)CCC1. The van der Waals surface area contributed by atoms with Gasteiger partial charge in [-0.05, 0) is 76.9 Å². The van der Waals surface area contributed by atoms with E-state index >= 15 is 0 Å². The summed E-state index contributed by atoms with van der Waals surface area (Å²) in [7, 11) is 0. The lowest BCUT2D eigenvalue weighted by Gasteiger charge is -2.32. The summed E-state index contributed by atoms with van der Waals surface area (Å²) in [5.41, 5.74) is 5.61. The molecule has 1 rings (SSSR count). The molecule has 0 aromatic rings. The third-order valence-corrected chi connectivity index (χ3v) is 7.43. The summed E-state index contributed by atoms with van der Waals surface area (Å²) >= 11 is 0. The molecule has 0 fully saturated rings. The minimum Gasteiger partial charge on any atom is -0.461 e. The zero-order chi connectivity index (χ0) is 27.5. The maximum atomic E-state index is 12.0. The van der Waals surface area contributed by atoms with E-state index < -0.39 is 0 Å². The van der Waals surface area contributed by atoms with Gasteiger partial charge >= 0.3 is 5.97 Å². The van der Waals surface area contributed by atoms with Gasteiger partial charge < -0.3 is 9.84 Å². The van der Waals surface area contributed by atoms with Crippen molar-refractivity contribution in [2.24, 2.45) is 5.41 Å². The first-order valence-corrected chi connectivity index (χ1v) is 14.9. The maximum Gasteiger partial charge on any atom is 0.306 e. The van der Waals surface area contributed by atoms with Gasteiger partial charge in [-0.1, -0.05) is 112 Å². The zero-order valence-electron chi connectivity index (χ0n) is 24.9. The molecule has 0 saturated heterocycles. The third-order valence-electron chi connectivity index (χ3n) is 7.43. The van der Waals surface area contributed by atoms with Crippen LogP contribution in [0.25, 0.3) is 0 Å². The number of aliphatic hydroxyl groups excluding tert-OH is 1. The van der Waals surface area contributed by atoms with Crippen LogP contribution < -0.4 is 0 Å². The van der Waals surface area contributed by atoms with Crippen LogP contribution in [0.3, 0.4) is 0 Å². The van der Waals surface area contributed by atoms with Crippen LogP contribution in [0, 0.1) is 5.41 Å². The molecular formula is C34H56O3. The van der Waals surface area contributed by atoms with E-state index in [1.54, 1.807) is 0 Å². The quantitative estimate of drug-likeness (QED) is 0.113. The van der Waals surface area contributed by atoms with Gasteiger partial charge in [0.15, 0.2) is 0 Å². The predicted molar refractivity (Wildman–Crippen MR) is 160 cm³/mol. The van der Waals surface area contributed by atoms with Crippen LogP contribution in [-0.4, -0.2) is 23.8 Å². The van der Waals surface area contributed by atoms with E-state index in [1.807, 2.05) is 19.9 Å². The van der Waals surface area contributed by atoms with Crippen molar-refractivity contribution in [1.82, 2.24) is 0 Å². The van der Waals surface area contributed by atoms with Crippen molar-refractivity contribution >= 4 is 5.97 Å². The first-order valence-electron chi connectivity index (χ1n) is 14.9. The number of allylic oxidation sites excluding steroid dienone is 9. The first kappa shape index (κ1) is 33.2. The molecular weight excluding hydrogens is 456 g/mol. The summed E-state index contributed by atoms with van der Waals surface area (Å²) in [5, 5.41) is 9.26. The van der Waals surface area contributed by atoms with E-state index in [0.717, 1.165) is 31.3 Å². The Morgan fingerprint density at radius 1 is 0.973 bits per heavy atom. The standard InChI is InChI=1S/C34H56O3/c1-28(23-24-32-30(3)20-17-26-34(32,5)6)18-16-19-29(2)25-27-37-33(36)22-15-13-11-9-7-8-10-12-14-21-31(4)35/h16,18-19,23-25,31,35H,7-15,17,20-22,26-27H2,1-6H3/b19-16+,24-23+,28-18+,29-25+. The van der Waals surface area contributed by atoms with Crippen molar-refractivity contribution in [3.8, 4) is 0 Å². The molecule has 0 aliphatic heterocycles. The highest BCUT2D eigenvalue weighted by Crippen LogP contribution is 2.40. The van der Waals surface area contributed by atoms with Gasteiger partial charge in [-0.2, -0.15) is 0 Å². The van der Waals surface area contributed by atoms with Gasteiger partial charge in [-0.3, -0.25) is 4.79 Å². The van der Waals surface area contributed by atoms with Crippen molar-refractivity contribution in [3.63, 3.8) is 0 Å². The summed E-state index contributed by atoms with van der Waals surface area (Å²) in [6, 6.07) is 0. The Balaban J connectivity index is 2.17. The highest BCUT2D eigenvalue weighted by atomic mass is 16.5. The van der Waals surface area contributed by atoms with Crippen LogP contribution >= 0.6 is 0 Å². The Bertz CT molecular complexity index is 805. The highest BCUT2D eigenvalue weighted by molar-refractivity contribution is 5.69. The number of esters is 1. The fourth-order valence-corrected chi connectivity index (χ4v) is 4.99. The van der Waals surface area contributed by atoms with Gasteiger partial charge in [0.2, 0.25) is 0 Å². The monoisotopic (exact) mass is 512 g/mol. The van der Waals surface area contributed by atoms with Gasteiger partial charge in [-0.25, -0.2) is 0 Å². The van der Waals surface area contributed by atoms with Crippen molar-refractivity contribution in [3.05, 3.63) is 58.7 Å². The smallest absolute Gasteiger partial charge is 0.306 e. The number of carbonyl (C=O) groups is 1. The molecule has 3 heteroatoms. The average Bonchev–Trinajstić information content (AvgIpc) is 2.81. The Hall–Kier alpha value is -1.87. The minimum absolute atomic E-state index is 0.0951.